The minimum atomic E-state index is -4.67. The molecule has 0 bridgehead atoms. The molecule has 0 spiro atoms. The zero-order valence-electron chi connectivity index (χ0n) is 23.7. The van der Waals surface area contributed by atoms with Crippen LogP contribution in [0.25, 0.3) is 22.3 Å². The van der Waals surface area contributed by atoms with Gasteiger partial charge in [0.15, 0.2) is 41.3 Å². The van der Waals surface area contributed by atoms with E-state index < -0.39 is 86.2 Å². The Morgan fingerprint density at radius 3 is 2.65 bits per heavy atom. The summed E-state index contributed by atoms with van der Waals surface area (Å²) in [6, 6.07) is 0. The van der Waals surface area contributed by atoms with Gasteiger partial charge in [0, 0.05) is 19.6 Å². The number of hydrogen-bond acceptors (Lipinski definition) is 18. The van der Waals surface area contributed by atoms with Gasteiger partial charge >= 0.3 is 18.6 Å². The van der Waals surface area contributed by atoms with Gasteiger partial charge in [-0.1, -0.05) is 12.1 Å². The largest absolute Gasteiger partial charge is 0.566 e. The SMILES string of the molecule is CO[C@@H]1[C@@H](CNS(=O)(=O)OC2[C@H](n3nnc4c(=O)[nH]c(N)nc43)O[C@H](CO[P+](=O)[O-])[C@H]2C)OC(n2cnc3c(N)ncnc32)[C@@H]1F. The number of anilines is 2. The minimum absolute atomic E-state index is 0.0749. The zero-order valence-corrected chi connectivity index (χ0v) is 25.4. The molecule has 9 atom stereocenters. The van der Waals surface area contributed by atoms with Gasteiger partial charge in [0.2, 0.25) is 5.95 Å². The Morgan fingerprint density at radius 2 is 1.91 bits per heavy atom. The van der Waals surface area contributed by atoms with Gasteiger partial charge in [-0.05, 0) is 4.57 Å². The van der Waals surface area contributed by atoms with Crippen molar-refractivity contribution in [3.63, 3.8) is 0 Å². The molecular weight excluding hydrogens is 662 g/mol. The standard InChI is InChI=1S/C21H26FN12O10PS/c1-7-9(4-41-45(36)37)43-20(34-17-12(31-32-34)18(35)30-21(24)29-17)13(7)44-46(38,39)28-3-8-14(40-2)10(22)19(42-8)33-6-27-11-15(23)25-5-26-16(11)33/h5-10,13-14,19-20,28H,3-4H2,1-2H3,(H2,23,25,26)(H3,24,29,30,35)/t7-,8-,9-,10-,13?,14-,19?,20-/m1/s1. The molecule has 2 aliphatic rings. The normalized spacial score (nSPS) is 28.8. The molecule has 0 saturated carbocycles. The van der Waals surface area contributed by atoms with Crippen molar-refractivity contribution in [2.75, 3.05) is 31.7 Å². The molecule has 6 N–H and O–H groups in total. The molecule has 4 aromatic rings. The zero-order chi connectivity index (χ0) is 32.9. The first-order valence-electron chi connectivity index (χ1n) is 13.3. The highest BCUT2D eigenvalue weighted by molar-refractivity contribution is 7.84. The smallest absolute Gasteiger partial charge is 0.488 e. The molecule has 248 valence electrons. The minimum Gasteiger partial charge on any atom is -0.566 e. The maximum atomic E-state index is 15.6. The number of nitrogens with one attached hydrogen (secondary N) is 2. The van der Waals surface area contributed by atoms with Crippen LogP contribution in [0, 0.1) is 5.92 Å². The van der Waals surface area contributed by atoms with Gasteiger partial charge < -0.3 is 30.6 Å². The van der Waals surface area contributed by atoms with E-state index in [0.717, 1.165) is 4.68 Å². The Morgan fingerprint density at radius 1 is 1.15 bits per heavy atom. The monoisotopic (exact) mass is 688 g/mol. The van der Waals surface area contributed by atoms with Crippen molar-refractivity contribution < 1.29 is 45.2 Å². The van der Waals surface area contributed by atoms with Crippen molar-refractivity contribution in [1.29, 1.82) is 0 Å². The van der Waals surface area contributed by atoms with Crippen LogP contribution in [-0.4, -0.2) is 104 Å². The average molecular weight is 689 g/mol. The van der Waals surface area contributed by atoms with Crippen molar-refractivity contribution in [2.45, 2.75) is 50.0 Å². The van der Waals surface area contributed by atoms with Crippen LogP contribution < -0.4 is 26.6 Å². The van der Waals surface area contributed by atoms with E-state index in [2.05, 4.69) is 44.5 Å². The summed E-state index contributed by atoms with van der Waals surface area (Å²) in [6.45, 7) is 0.526. The number of H-pyrrole nitrogens is 1. The summed E-state index contributed by atoms with van der Waals surface area (Å²) in [5.74, 6) is -1.05. The number of imidazole rings is 1. The van der Waals surface area contributed by atoms with Crippen molar-refractivity contribution in [3.05, 3.63) is 23.0 Å². The Hall–Kier alpha value is -3.87. The fourth-order valence-electron chi connectivity index (χ4n) is 5.32. The first-order chi connectivity index (χ1) is 21.9. The quantitative estimate of drug-likeness (QED) is 0.119. The fraction of sp³-hybridized carbons (Fsp3) is 0.571. The first-order valence-corrected chi connectivity index (χ1v) is 15.9. The third-order valence-electron chi connectivity index (χ3n) is 7.54. The van der Waals surface area contributed by atoms with Crippen LogP contribution >= 0.6 is 8.25 Å². The maximum absolute atomic E-state index is 15.6. The van der Waals surface area contributed by atoms with E-state index in [1.54, 1.807) is 0 Å². The second-order valence-electron chi connectivity index (χ2n) is 10.3. The van der Waals surface area contributed by atoms with Crippen LogP contribution in [0.4, 0.5) is 16.2 Å². The number of hydrogen-bond donors (Lipinski definition) is 4. The highest BCUT2D eigenvalue weighted by Crippen LogP contribution is 2.39. The number of aromatic amines is 1. The molecule has 0 amide bonds. The Kier molecular flexibility index (Phi) is 8.64. The topological polar surface area (TPSA) is 305 Å². The third-order valence-corrected chi connectivity index (χ3v) is 8.89. The predicted molar refractivity (Wildman–Crippen MR) is 148 cm³/mol. The lowest BCUT2D eigenvalue weighted by Crippen LogP contribution is -2.42. The number of methoxy groups -OCH3 is 1. The molecule has 2 saturated heterocycles. The molecular formula is C21H26FN12O10PS. The number of halogens is 1. The van der Waals surface area contributed by atoms with Gasteiger partial charge in [-0.15, -0.1) is 9.62 Å². The number of ether oxygens (including phenoxy) is 3. The summed E-state index contributed by atoms with van der Waals surface area (Å²) in [6.07, 6.45) is -6.83. The molecule has 6 rings (SSSR count). The van der Waals surface area contributed by atoms with Crippen LogP contribution in [0.2, 0.25) is 0 Å². The van der Waals surface area contributed by atoms with Crippen molar-refractivity contribution >= 4 is 52.7 Å². The number of nitrogens with zero attached hydrogens (tertiary/aromatic N) is 8. The molecule has 3 unspecified atom stereocenters. The molecule has 2 aliphatic heterocycles. The van der Waals surface area contributed by atoms with E-state index in [0.29, 0.717) is 0 Å². The second-order valence-corrected chi connectivity index (χ2v) is 12.4. The number of nitrogen functional groups attached to an aromatic ring is 2. The van der Waals surface area contributed by atoms with Gasteiger partial charge in [-0.2, -0.15) is 22.8 Å². The van der Waals surface area contributed by atoms with Crippen LogP contribution in [0.1, 0.15) is 19.4 Å². The summed E-state index contributed by atoms with van der Waals surface area (Å²) in [5, 5.41) is 7.63. The van der Waals surface area contributed by atoms with Crippen LogP contribution in [0.5, 0.6) is 0 Å². The van der Waals surface area contributed by atoms with Gasteiger partial charge in [-0.3, -0.25) is 14.3 Å². The fourth-order valence-corrected chi connectivity index (χ4v) is 6.59. The maximum Gasteiger partial charge on any atom is 0.488 e. The van der Waals surface area contributed by atoms with E-state index in [1.165, 1.54) is 31.3 Å². The number of fused-ring (bicyclic) bond motifs is 2. The number of aromatic nitrogens is 9. The van der Waals surface area contributed by atoms with Gasteiger partial charge in [0.25, 0.3) is 5.56 Å². The third kappa shape index (κ3) is 5.89. The summed E-state index contributed by atoms with van der Waals surface area (Å²) < 4.78 is 84.8. The van der Waals surface area contributed by atoms with Gasteiger partial charge in [0.1, 0.15) is 36.8 Å². The molecule has 25 heteroatoms. The molecule has 4 aromatic heterocycles. The lowest BCUT2D eigenvalue weighted by molar-refractivity contribution is -0.188. The summed E-state index contributed by atoms with van der Waals surface area (Å²) in [5.41, 5.74) is 10.8. The highest BCUT2D eigenvalue weighted by atomic mass is 32.2. The molecule has 22 nitrogen and oxygen atoms in total. The lowest BCUT2D eigenvalue weighted by Gasteiger charge is -2.22. The summed E-state index contributed by atoms with van der Waals surface area (Å²) in [7, 11) is -6.69. The van der Waals surface area contributed by atoms with Crippen LogP contribution in [0.15, 0.2) is 17.4 Å². The van der Waals surface area contributed by atoms with Crippen LogP contribution in [0.3, 0.4) is 0 Å². The molecule has 0 radical (unpaired) electrons. The van der Waals surface area contributed by atoms with Crippen molar-refractivity contribution in [3.8, 4) is 0 Å². The molecule has 0 aliphatic carbocycles. The molecule has 46 heavy (non-hydrogen) atoms. The van der Waals surface area contributed by atoms with Crippen molar-refractivity contribution in [2.24, 2.45) is 5.92 Å². The highest BCUT2D eigenvalue weighted by Gasteiger charge is 2.50. The van der Waals surface area contributed by atoms with E-state index >= 15 is 4.39 Å². The van der Waals surface area contributed by atoms with Gasteiger partial charge in [-0.25, -0.2) is 23.5 Å². The molecule has 2 fully saturated rings. The Bertz CT molecular complexity index is 1940. The second kappa shape index (κ2) is 12.4. The van der Waals surface area contributed by atoms with E-state index in [-0.39, 0.29) is 34.1 Å². The number of rotatable bonds is 11. The Labute approximate surface area is 257 Å². The summed E-state index contributed by atoms with van der Waals surface area (Å²) in [4.78, 5) is 41.7. The van der Waals surface area contributed by atoms with Gasteiger partial charge in [0.05, 0.1) is 12.4 Å². The van der Waals surface area contributed by atoms with Crippen molar-refractivity contribution in [1.82, 2.24) is 49.2 Å². The number of nitrogens with two attached hydrogens (primary N) is 2. The average Bonchev–Trinajstić information content (AvgIpc) is 3.75. The predicted octanol–water partition coefficient (Wildman–Crippen LogP) is -2.44. The summed E-state index contributed by atoms with van der Waals surface area (Å²) >= 11 is 0. The van der Waals surface area contributed by atoms with E-state index in [9.17, 15) is 22.7 Å². The lowest BCUT2D eigenvalue weighted by atomic mass is 10.0. The Balaban J connectivity index is 1.22. The molecule has 0 aromatic carbocycles. The van der Waals surface area contributed by atoms with E-state index in [1.807, 2.05) is 0 Å². The van der Waals surface area contributed by atoms with E-state index in [4.69, 9.17) is 29.9 Å². The first kappa shape index (κ1) is 32.1. The number of alkyl halides is 1. The van der Waals surface area contributed by atoms with Crippen LogP contribution in [-0.2, 0) is 37.8 Å². The molecule has 6 heterocycles.